The van der Waals surface area contributed by atoms with Crippen LogP contribution >= 0.6 is 0 Å². The third-order valence-electron chi connectivity index (χ3n) is 2.41. The van der Waals surface area contributed by atoms with Crippen molar-refractivity contribution in [3.05, 3.63) is 39.4 Å². The fourth-order valence-electron chi connectivity index (χ4n) is 1.51. The average Bonchev–Trinajstić information content (AvgIpc) is 2.38. The van der Waals surface area contributed by atoms with Gasteiger partial charge in [-0.2, -0.15) is 4.39 Å². The molecule has 0 aromatic heterocycles. The van der Waals surface area contributed by atoms with Crippen LogP contribution < -0.4 is 5.32 Å². The molecule has 20 heavy (non-hydrogen) atoms. The summed E-state index contributed by atoms with van der Waals surface area (Å²) in [4.78, 5) is 21.2. The quantitative estimate of drug-likeness (QED) is 0.641. The summed E-state index contributed by atoms with van der Waals surface area (Å²) in [6.45, 7) is 4.02. The molecule has 0 spiro atoms. The largest absolute Gasteiger partial charge is 0.380 e. The van der Waals surface area contributed by atoms with Crippen molar-refractivity contribution < 1.29 is 23.2 Å². The number of amides is 1. The van der Waals surface area contributed by atoms with E-state index in [0.29, 0.717) is 18.7 Å². The topological polar surface area (TPSA) is 81.5 Å². The molecule has 0 bridgehead atoms. The monoisotopic (exact) mass is 288 g/mol. The number of nitrogens with zero attached hydrogens (tertiary/aromatic N) is 1. The number of carbonyl (C=O) groups is 1. The standard InChI is InChI=1S/C12H14F2N2O4/c1-3-20-6-7(2)15-12(17)9-4-8(13)5-10(11(9)14)16(18)19/h4-5,7H,3,6H2,1-2H3,(H,15,17). The number of nitrogens with one attached hydrogen (secondary N) is 1. The van der Waals surface area contributed by atoms with Crippen molar-refractivity contribution in [2.45, 2.75) is 19.9 Å². The molecule has 6 nitrogen and oxygen atoms in total. The Balaban J connectivity index is 2.96. The van der Waals surface area contributed by atoms with Gasteiger partial charge >= 0.3 is 5.69 Å². The van der Waals surface area contributed by atoms with E-state index in [9.17, 15) is 23.7 Å². The maximum absolute atomic E-state index is 13.8. The Morgan fingerprint density at radius 2 is 2.15 bits per heavy atom. The van der Waals surface area contributed by atoms with E-state index >= 15 is 0 Å². The third-order valence-corrected chi connectivity index (χ3v) is 2.41. The van der Waals surface area contributed by atoms with Crippen LogP contribution in [0.1, 0.15) is 24.2 Å². The highest BCUT2D eigenvalue weighted by Gasteiger charge is 2.24. The van der Waals surface area contributed by atoms with E-state index in [0.717, 1.165) is 0 Å². The summed E-state index contributed by atoms with van der Waals surface area (Å²) in [6.07, 6.45) is 0. The minimum Gasteiger partial charge on any atom is -0.380 e. The van der Waals surface area contributed by atoms with Crippen molar-refractivity contribution in [1.82, 2.24) is 5.32 Å². The SMILES string of the molecule is CCOCC(C)NC(=O)c1cc(F)cc([N+](=O)[O-])c1F. The fourth-order valence-corrected chi connectivity index (χ4v) is 1.51. The van der Waals surface area contributed by atoms with Crippen LogP contribution in [0, 0.1) is 21.7 Å². The number of nitro benzene ring substituents is 1. The summed E-state index contributed by atoms with van der Waals surface area (Å²) in [7, 11) is 0. The Morgan fingerprint density at radius 3 is 2.70 bits per heavy atom. The zero-order valence-corrected chi connectivity index (χ0v) is 11.0. The van der Waals surface area contributed by atoms with Crippen molar-refractivity contribution in [1.29, 1.82) is 0 Å². The number of halogens is 2. The fraction of sp³-hybridized carbons (Fsp3) is 0.417. The predicted molar refractivity (Wildman–Crippen MR) is 66.4 cm³/mol. The maximum Gasteiger partial charge on any atom is 0.308 e. The molecule has 0 radical (unpaired) electrons. The van der Waals surface area contributed by atoms with E-state index in [1.54, 1.807) is 13.8 Å². The lowest BCUT2D eigenvalue weighted by molar-refractivity contribution is -0.387. The first-order valence-electron chi connectivity index (χ1n) is 5.88. The number of benzene rings is 1. The molecule has 0 fully saturated rings. The highest BCUT2D eigenvalue weighted by atomic mass is 19.1. The molecule has 0 aliphatic rings. The Bertz CT molecular complexity index is 522. The van der Waals surface area contributed by atoms with Crippen LogP contribution in [0.25, 0.3) is 0 Å². The molecule has 1 atom stereocenters. The van der Waals surface area contributed by atoms with Gasteiger partial charge in [0.05, 0.1) is 23.2 Å². The number of hydrogen-bond donors (Lipinski definition) is 1. The normalized spacial score (nSPS) is 12.0. The summed E-state index contributed by atoms with van der Waals surface area (Å²) in [5, 5.41) is 12.9. The molecule has 0 saturated heterocycles. The van der Waals surface area contributed by atoms with Gasteiger partial charge < -0.3 is 10.1 Å². The van der Waals surface area contributed by atoms with E-state index in [1.165, 1.54) is 0 Å². The molecule has 0 aliphatic carbocycles. The summed E-state index contributed by atoms with van der Waals surface area (Å²) in [5.74, 6) is -3.35. The average molecular weight is 288 g/mol. The van der Waals surface area contributed by atoms with Gasteiger partial charge in [0.1, 0.15) is 5.82 Å². The molecule has 1 rings (SSSR count). The molecule has 1 unspecified atom stereocenters. The van der Waals surface area contributed by atoms with Crippen molar-refractivity contribution in [2.24, 2.45) is 0 Å². The second kappa shape index (κ2) is 6.90. The lowest BCUT2D eigenvalue weighted by Crippen LogP contribution is -2.36. The Labute approximate surface area is 113 Å². The molecular formula is C12H14F2N2O4. The van der Waals surface area contributed by atoms with Crippen LogP contribution in [0.15, 0.2) is 12.1 Å². The van der Waals surface area contributed by atoms with Crippen molar-refractivity contribution in [2.75, 3.05) is 13.2 Å². The Morgan fingerprint density at radius 1 is 1.50 bits per heavy atom. The van der Waals surface area contributed by atoms with Gasteiger partial charge in [-0.3, -0.25) is 14.9 Å². The number of hydrogen-bond acceptors (Lipinski definition) is 4. The van der Waals surface area contributed by atoms with Crippen LogP contribution in [0.3, 0.4) is 0 Å². The molecule has 0 aliphatic heterocycles. The van der Waals surface area contributed by atoms with Crippen LogP contribution in [0.4, 0.5) is 14.5 Å². The Hall–Kier alpha value is -2.09. The number of rotatable bonds is 6. The lowest BCUT2D eigenvalue weighted by Gasteiger charge is -2.14. The summed E-state index contributed by atoms with van der Waals surface area (Å²) in [5.41, 5.74) is -1.78. The van der Waals surface area contributed by atoms with E-state index in [-0.39, 0.29) is 6.61 Å². The molecule has 1 amide bonds. The van der Waals surface area contributed by atoms with Gasteiger partial charge in [0.25, 0.3) is 5.91 Å². The second-order valence-electron chi connectivity index (χ2n) is 4.08. The first-order chi connectivity index (χ1) is 9.36. The number of carbonyl (C=O) groups excluding carboxylic acids is 1. The van der Waals surface area contributed by atoms with Crippen LogP contribution in [0.5, 0.6) is 0 Å². The van der Waals surface area contributed by atoms with Crippen molar-refractivity contribution in [3.8, 4) is 0 Å². The van der Waals surface area contributed by atoms with Gasteiger partial charge in [-0.05, 0) is 19.9 Å². The van der Waals surface area contributed by atoms with Gasteiger partial charge in [0.2, 0.25) is 5.82 Å². The minimum atomic E-state index is -1.36. The first-order valence-corrected chi connectivity index (χ1v) is 5.88. The molecule has 0 heterocycles. The molecule has 1 N–H and O–H groups in total. The summed E-state index contributed by atoms with van der Waals surface area (Å²) < 4.78 is 32.0. The van der Waals surface area contributed by atoms with Gasteiger partial charge in [0, 0.05) is 12.6 Å². The molecule has 8 heteroatoms. The zero-order chi connectivity index (χ0) is 15.3. The van der Waals surface area contributed by atoms with E-state index in [1.807, 2.05) is 0 Å². The smallest absolute Gasteiger partial charge is 0.308 e. The van der Waals surface area contributed by atoms with Gasteiger partial charge in [-0.1, -0.05) is 0 Å². The molecule has 0 saturated carbocycles. The molecule has 1 aromatic carbocycles. The lowest BCUT2D eigenvalue weighted by atomic mass is 10.1. The number of nitro groups is 1. The highest BCUT2D eigenvalue weighted by molar-refractivity contribution is 5.95. The van der Waals surface area contributed by atoms with Crippen LogP contribution in [-0.2, 0) is 4.74 Å². The highest BCUT2D eigenvalue weighted by Crippen LogP contribution is 2.22. The minimum absolute atomic E-state index is 0.196. The van der Waals surface area contributed by atoms with Crippen molar-refractivity contribution >= 4 is 11.6 Å². The van der Waals surface area contributed by atoms with Gasteiger partial charge in [-0.15, -0.1) is 0 Å². The van der Waals surface area contributed by atoms with Crippen LogP contribution in [-0.4, -0.2) is 30.1 Å². The third kappa shape index (κ3) is 3.95. The first kappa shape index (κ1) is 16.0. The maximum atomic E-state index is 13.8. The number of ether oxygens (including phenoxy) is 1. The van der Waals surface area contributed by atoms with E-state index in [2.05, 4.69) is 5.32 Å². The predicted octanol–water partition coefficient (Wildman–Crippen LogP) is 2.03. The molecular weight excluding hydrogens is 274 g/mol. The van der Waals surface area contributed by atoms with Crippen LogP contribution in [0.2, 0.25) is 0 Å². The summed E-state index contributed by atoms with van der Waals surface area (Å²) in [6, 6.07) is 0.602. The van der Waals surface area contributed by atoms with Crippen molar-refractivity contribution in [3.63, 3.8) is 0 Å². The zero-order valence-electron chi connectivity index (χ0n) is 11.0. The Kier molecular flexibility index (Phi) is 5.51. The van der Waals surface area contributed by atoms with Gasteiger partial charge in [-0.25, -0.2) is 4.39 Å². The van der Waals surface area contributed by atoms with E-state index < -0.39 is 39.8 Å². The van der Waals surface area contributed by atoms with E-state index in [4.69, 9.17) is 4.74 Å². The summed E-state index contributed by atoms with van der Waals surface area (Å²) >= 11 is 0. The molecule has 110 valence electrons. The van der Waals surface area contributed by atoms with Gasteiger partial charge in [0.15, 0.2) is 0 Å². The molecule has 1 aromatic rings. The second-order valence-corrected chi connectivity index (χ2v) is 4.08.